The molecule has 8 atom stereocenters. The van der Waals surface area contributed by atoms with Gasteiger partial charge in [0.2, 0.25) is 0 Å². The van der Waals surface area contributed by atoms with Crippen molar-refractivity contribution < 1.29 is 25.2 Å². The highest BCUT2D eigenvalue weighted by Crippen LogP contribution is 2.50. The fourth-order valence-electron chi connectivity index (χ4n) is 17.0. The summed E-state index contributed by atoms with van der Waals surface area (Å²) in [7, 11) is 2.15. The van der Waals surface area contributed by atoms with E-state index in [4.69, 9.17) is 14.9 Å². The van der Waals surface area contributed by atoms with Gasteiger partial charge in [-0.05, 0) is 227 Å². The largest absolute Gasteiger partial charge is 0.396 e. The highest BCUT2D eigenvalue weighted by molar-refractivity contribution is 5.01. The van der Waals surface area contributed by atoms with Gasteiger partial charge >= 0.3 is 0 Å². The number of hydrogen-bond acceptors (Lipinski definition) is 9. The number of allylic oxidation sites excluding steroid dienone is 4. The Bertz CT molecular complexity index is 1660. The number of rotatable bonds is 16. The maximum Gasteiger partial charge on any atom is 0.0847 e. The van der Waals surface area contributed by atoms with Crippen molar-refractivity contribution in [1.82, 2.24) is 20.0 Å². The fourth-order valence-corrected chi connectivity index (χ4v) is 17.0. The number of aliphatic hydroxyl groups excluding tert-OH is 4. The smallest absolute Gasteiger partial charge is 0.0847 e. The molecule has 9 nitrogen and oxygen atoms in total. The lowest BCUT2D eigenvalue weighted by Crippen LogP contribution is -2.53. The summed E-state index contributed by atoms with van der Waals surface area (Å²) in [6.07, 6.45) is 53.4. The van der Waals surface area contributed by atoms with Gasteiger partial charge in [0.1, 0.15) is 0 Å². The van der Waals surface area contributed by atoms with E-state index in [2.05, 4.69) is 115 Å². The van der Waals surface area contributed by atoms with Crippen molar-refractivity contribution >= 4 is 0 Å². The topological polar surface area (TPSA) is 115 Å². The van der Waals surface area contributed by atoms with Gasteiger partial charge in [0.15, 0.2) is 0 Å². The lowest BCUT2D eigenvalue weighted by molar-refractivity contribution is -0.0257. The Labute approximate surface area is 510 Å². The molecule has 484 valence electrons. The molecule has 10 rings (SSSR count). The van der Waals surface area contributed by atoms with Gasteiger partial charge < -0.3 is 30.5 Å². The molecule has 2 unspecified atom stereocenters. The van der Waals surface area contributed by atoms with Gasteiger partial charge in [-0.3, -0.25) is 14.7 Å². The predicted molar refractivity (Wildman–Crippen MR) is 354 cm³/mol. The Morgan fingerprint density at radius 3 is 1.16 bits per heavy atom. The van der Waals surface area contributed by atoms with Crippen LogP contribution in [0.1, 0.15) is 302 Å². The first-order chi connectivity index (χ1) is 38.6. The quantitative estimate of drug-likeness (QED) is 0.0761. The van der Waals surface area contributed by atoms with E-state index in [0.717, 1.165) is 44.2 Å². The Hall–Kier alpha value is -0.880. The standard InChI is InChI=1S/C15H30N2.2C14H27NO.C10H18O.C10H18.C8H14O2.2CH4/c1-4-15(5-2)9-8-13(16-3)14(12-15)17-10-6-7-11-17;1-3-14(4-2)8-7-13(16)12(11-14)15-9-5-6-10-15;1-3-14(4-2)8-7-12(13(16)11-14)15-9-5-6-10-15;1-3-10(4-2)6-5-8-9(7-10)11-8;1-3-10(4-2)8-6-5-7-9-10;9-6-8(7-10)4-2-1-3-5-8;;/h13-14,16H,4-12H2,1-3H3;2*12-13,16H,3-11H2,1-2H3;8-9H,3-7H2,1-2H3;5-6H,3-4,7-9H2,1-2H3;1-2,9-10H,3-7H2;2*1H4/t13-,14-;2*12-,13-;;;;;/m111...../s1. The summed E-state index contributed by atoms with van der Waals surface area (Å²) < 4.78 is 5.54. The minimum absolute atomic E-state index is 0. The first-order valence-corrected chi connectivity index (χ1v) is 35.0. The van der Waals surface area contributed by atoms with Gasteiger partial charge in [0.25, 0.3) is 0 Å². The zero-order valence-corrected chi connectivity index (χ0v) is 54.7. The van der Waals surface area contributed by atoms with Crippen molar-refractivity contribution in [3.63, 3.8) is 0 Å². The molecule has 0 spiro atoms. The minimum Gasteiger partial charge on any atom is -0.396 e. The molecule has 4 heterocycles. The zero-order valence-electron chi connectivity index (χ0n) is 54.7. The van der Waals surface area contributed by atoms with Crippen LogP contribution in [0.3, 0.4) is 0 Å². The number of likely N-dealkylation sites (N-methyl/N-ethyl adjacent to an activating group) is 1. The molecule has 6 aliphatic carbocycles. The van der Waals surface area contributed by atoms with E-state index in [-0.39, 0.29) is 45.7 Å². The Morgan fingerprint density at radius 1 is 0.402 bits per heavy atom. The number of nitrogens with one attached hydrogen (secondary N) is 1. The van der Waals surface area contributed by atoms with Crippen LogP contribution >= 0.6 is 0 Å². The van der Waals surface area contributed by atoms with Crippen LogP contribution in [0.5, 0.6) is 0 Å². The second-order valence-electron chi connectivity index (χ2n) is 28.4. The Kier molecular flexibility index (Phi) is 34.2. The third-order valence-corrected chi connectivity index (χ3v) is 25.0. The maximum absolute atomic E-state index is 10.4. The summed E-state index contributed by atoms with van der Waals surface area (Å²) in [4.78, 5) is 7.84. The molecule has 0 bridgehead atoms. The number of hydrogen-bond donors (Lipinski definition) is 5. The third kappa shape index (κ3) is 20.9. The molecule has 10 aliphatic rings. The number of aliphatic hydroxyl groups is 4. The van der Waals surface area contributed by atoms with Crippen LogP contribution in [-0.2, 0) is 4.74 Å². The molecule has 0 aromatic carbocycles. The molecule has 5 N–H and O–H groups in total. The monoisotopic (exact) mass is 1160 g/mol. The van der Waals surface area contributed by atoms with Crippen LogP contribution in [0.25, 0.3) is 0 Å². The molecule has 4 aliphatic heterocycles. The van der Waals surface area contributed by atoms with Crippen molar-refractivity contribution in [3.05, 3.63) is 24.3 Å². The Morgan fingerprint density at radius 2 is 0.780 bits per heavy atom. The number of nitrogens with zero attached hydrogens (tertiary/aromatic N) is 3. The van der Waals surface area contributed by atoms with Gasteiger partial charge in [-0.1, -0.05) is 173 Å². The molecule has 0 amide bonds. The van der Waals surface area contributed by atoms with E-state index < -0.39 is 0 Å². The summed E-state index contributed by atoms with van der Waals surface area (Å²) in [5.41, 5.74) is 2.71. The molecular formula is C73H142N4O5. The first kappa shape index (κ1) is 75.4. The average Bonchev–Trinajstić information content (AvgIpc) is 4.25. The van der Waals surface area contributed by atoms with Crippen molar-refractivity contribution in [1.29, 1.82) is 0 Å². The van der Waals surface area contributed by atoms with E-state index in [9.17, 15) is 10.2 Å². The van der Waals surface area contributed by atoms with Crippen molar-refractivity contribution in [3.8, 4) is 0 Å². The Balaban J connectivity index is 0.000000260. The lowest BCUT2D eigenvalue weighted by Gasteiger charge is -2.47. The van der Waals surface area contributed by atoms with Crippen LogP contribution < -0.4 is 5.32 Å². The van der Waals surface area contributed by atoms with E-state index in [0.29, 0.717) is 51.4 Å². The molecule has 0 radical (unpaired) electrons. The molecule has 4 saturated heterocycles. The summed E-state index contributed by atoms with van der Waals surface area (Å²) >= 11 is 0. The normalized spacial score (nSPS) is 31.8. The van der Waals surface area contributed by atoms with Gasteiger partial charge in [-0.25, -0.2) is 0 Å². The van der Waals surface area contributed by atoms with E-state index in [1.807, 2.05) is 6.08 Å². The summed E-state index contributed by atoms with van der Waals surface area (Å²) in [6, 6.07) is 2.46. The maximum atomic E-state index is 10.4. The second-order valence-corrected chi connectivity index (χ2v) is 28.4. The van der Waals surface area contributed by atoms with Crippen LogP contribution in [0.2, 0.25) is 0 Å². The number of ether oxygens (including phenoxy) is 1. The summed E-state index contributed by atoms with van der Waals surface area (Å²) in [5, 5.41) is 42.1. The molecule has 8 fully saturated rings. The van der Waals surface area contributed by atoms with Crippen LogP contribution in [-0.4, -0.2) is 143 Å². The van der Waals surface area contributed by atoms with E-state index >= 15 is 0 Å². The van der Waals surface area contributed by atoms with Gasteiger partial charge in [0.05, 0.1) is 37.6 Å². The van der Waals surface area contributed by atoms with Crippen LogP contribution in [0.15, 0.2) is 24.3 Å². The molecule has 4 saturated carbocycles. The number of likely N-dealkylation sites (tertiary alicyclic amines) is 3. The van der Waals surface area contributed by atoms with E-state index in [1.165, 1.54) is 225 Å². The molecule has 82 heavy (non-hydrogen) atoms. The zero-order chi connectivity index (χ0) is 58.3. The highest BCUT2D eigenvalue weighted by Gasteiger charge is 2.49. The molecule has 9 heteroatoms. The molecule has 0 aromatic heterocycles. The summed E-state index contributed by atoms with van der Waals surface area (Å²) in [5.74, 6) is 0. The van der Waals surface area contributed by atoms with Crippen molar-refractivity contribution in [2.45, 2.75) is 351 Å². The fraction of sp³-hybridized carbons (Fsp3) is 0.945. The SMILES string of the molecule is C.C.CCC1(CC)CC=CCC1.CCC1(CC)CCC2OC2C1.CCC1(CC)CC[C@@H](N2CCCC2)[C@H](O)C1.CCC1(CC)CC[C@@H](NC)[C@H](N2CCCC2)C1.CCC1(CC)CC[C@@H](O)[C@H](N2CCCC2)C1.OCC1(CO)CC=CCC1. The third-order valence-electron chi connectivity index (χ3n) is 25.0. The number of epoxide rings is 1. The summed E-state index contributed by atoms with van der Waals surface area (Å²) in [6.45, 7) is 31.0. The average molecular weight is 1160 g/mol. The van der Waals surface area contributed by atoms with Crippen molar-refractivity contribution in [2.24, 2.45) is 32.5 Å². The highest BCUT2D eigenvalue weighted by atomic mass is 16.6. The molecular weight excluding hydrogens is 1010 g/mol. The minimum atomic E-state index is -0.214. The van der Waals surface area contributed by atoms with Crippen LogP contribution in [0.4, 0.5) is 0 Å². The number of fused-ring (bicyclic) bond motifs is 1. The van der Waals surface area contributed by atoms with Crippen LogP contribution in [0, 0.1) is 32.5 Å². The first-order valence-electron chi connectivity index (χ1n) is 35.0. The molecule has 0 aromatic rings. The predicted octanol–water partition coefficient (Wildman–Crippen LogP) is 16.9. The van der Waals surface area contributed by atoms with Gasteiger partial charge in [-0.2, -0.15) is 0 Å². The lowest BCUT2D eigenvalue weighted by atomic mass is 9.67. The van der Waals surface area contributed by atoms with Gasteiger partial charge in [-0.15, -0.1) is 0 Å². The second kappa shape index (κ2) is 37.2. The van der Waals surface area contributed by atoms with Crippen molar-refractivity contribution in [2.75, 3.05) is 59.5 Å². The van der Waals surface area contributed by atoms with Gasteiger partial charge in [0, 0.05) is 29.6 Å². The van der Waals surface area contributed by atoms with E-state index in [1.54, 1.807) is 0 Å².